The van der Waals surface area contributed by atoms with Gasteiger partial charge in [-0.2, -0.15) is 0 Å². The molecule has 3 saturated carbocycles. The number of benzene rings is 1. The van der Waals surface area contributed by atoms with Crippen molar-refractivity contribution in [2.75, 3.05) is 0 Å². The van der Waals surface area contributed by atoms with Gasteiger partial charge < -0.3 is 19.8 Å². The fourth-order valence-electron chi connectivity index (χ4n) is 5.54. The van der Waals surface area contributed by atoms with Crippen molar-refractivity contribution in [3.63, 3.8) is 0 Å². The number of amides is 2. The number of hydrogen-bond acceptors (Lipinski definition) is 4. The third-order valence-electron chi connectivity index (χ3n) is 7.05. The van der Waals surface area contributed by atoms with Gasteiger partial charge in [-0.3, -0.25) is 9.59 Å². The van der Waals surface area contributed by atoms with Crippen molar-refractivity contribution in [3.05, 3.63) is 53.5 Å². The zero-order chi connectivity index (χ0) is 20.2. The van der Waals surface area contributed by atoms with E-state index in [0.717, 1.165) is 24.4 Å². The molecular weight excluding hydrogens is 368 g/mol. The summed E-state index contributed by atoms with van der Waals surface area (Å²) in [6.07, 6.45) is 3.25. The maximum atomic E-state index is 13.0. The lowest BCUT2D eigenvalue weighted by molar-refractivity contribution is -0.167. The van der Waals surface area contributed by atoms with E-state index in [1.807, 2.05) is 37.3 Å². The van der Waals surface area contributed by atoms with E-state index in [1.165, 1.54) is 0 Å². The topological polar surface area (TPSA) is 80.6 Å². The maximum Gasteiger partial charge on any atom is 0.258 e. The minimum atomic E-state index is -0.715. The molecule has 2 amide bonds. The molecule has 4 atom stereocenters. The molecule has 2 heterocycles. The van der Waals surface area contributed by atoms with Gasteiger partial charge in [0.25, 0.3) is 5.91 Å². The average Bonchev–Trinajstić information content (AvgIpc) is 3.11. The molecule has 2 bridgehead atoms. The second-order valence-electron chi connectivity index (χ2n) is 9.03. The first-order chi connectivity index (χ1) is 13.9. The van der Waals surface area contributed by atoms with Gasteiger partial charge in [-0.25, -0.2) is 0 Å². The number of carbonyl (C=O) groups excluding carboxylic acids is 2. The fraction of sp³-hybridized carbons (Fsp3) is 0.478. The second kappa shape index (κ2) is 6.37. The molecule has 29 heavy (non-hydrogen) atoms. The van der Waals surface area contributed by atoms with Crippen molar-refractivity contribution in [2.24, 2.45) is 17.3 Å². The van der Waals surface area contributed by atoms with Crippen LogP contribution in [0.4, 0.5) is 0 Å². The third-order valence-corrected chi connectivity index (χ3v) is 7.05. The van der Waals surface area contributed by atoms with E-state index < -0.39 is 5.72 Å². The summed E-state index contributed by atoms with van der Waals surface area (Å²) in [6.45, 7) is 4.44. The summed E-state index contributed by atoms with van der Waals surface area (Å²) < 4.78 is 12.0. The Bertz CT molecular complexity index is 983. The van der Waals surface area contributed by atoms with Crippen LogP contribution in [0.5, 0.6) is 5.75 Å². The molecule has 1 aromatic heterocycles. The van der Waals surface area contributed by atoms with Gasteiger partial charge in [0.2, 0.25) is 5.91 Å². The van der Waals surface area contributed by atoms with E-state index in [9.17, 15) is 9.59 Å². The van der Waals surface area contributed by atoms with Gasteiger partial charge in [0.05, 0.1) is 12.1 Å². The molecular formula is C23H26N2O4. The Kier molecular flexibility index (Phi) is 4.02. The predicted octanol–water partition coefficient (Wildman–Crippen LogP) is 3.55. The molecule has 1 aromatic carbocycles. The highest BCUT2D eigenvalue weighted by molar-refractivity contribution is 5.98. The number of carbonyl (C=O) groups is 2. The molecule has 6 heteroatoms. The van der Waals surface area contributed by atoms with Crippen molar-refractivity contribution in [2.45, 2.75) is 51.8 Å². The molecule has 2 N–H and O–H groups in total. The van der Waals surface area contributed by atoms with Crippen LogP contribution in [0.25, 0.3) is 0 Å². The van der Waals surface area contributed by atoms with E-state index in [4.69, 9.17) is 9.15 Å². The van der Waals surface area contributed by atoms with Crippen LogP contribution < -0.4 is 15.4 Å². The Labute approximate surface area is 170 Å². The van der Waals surface area contributed by atoms with Crippen molar-refractivity contribution in [3.8, 4) is 5.75 Å². The molecule has 1 spiro atoms. The summed E-state index contributed by atoms with van der Waals surface area (Å²) >= 11 is 0. The molecule has 6 rings (SSSR count). The monoisotopic (exact) mass is 394 g/mol. The first-order valence-electron chi connectivity index (χ1n) is 10.3. The van der Waals surface area contributed by atoms with Crippen LogP contribution in [-0.2, 0) is 11.3 Å². The van der Waals surface area contributed by atoms with Crippen molar-refractivity contribution < 1.29 is 18.7 Å². The van der Waals surface area contributed by atoms with Gasteiger partial charge in [0.15, 0.2) is 5.72 Å². The first kappa shape index (κ1) is 18.3. The largest absolute Gasteiger partial charge is 0.467 e. The molecule has 152 valence electrons. The number of fused-ring (bicyclic) bond motifs is 3. The van der Waals surface area contributed by atoms with E-state index in [-0.39, 0.29) is 29.1 Å². The lowest BCUT2D eigenvalue weighted by atomic mass is 9.52. The molecule has 6 nitrogen and oxygen atoms in total. The highest BCUT2D eigenvalue weighted by Crippen LogP contribution is 2.58. The molecule has 0 saturated heterocycles. The number of aryl methyl sites for hydroxylation is 1. The quantitative estimate of drug-likeness (QED) is 0.834. The van der Waals surface area contributed by atoms with E-state index >= 15 is 0 Å². The lowest BCUT2D eigenvalue weighted by Crippen LogP contribution is -2.69. The summed E-state index contributed by atoms with van der Waals surface area (Å²) in [4.78, 5) is 25.8. The minimum absolute atomic E-state index is 0.0589. The first-order valence-corrected chi connectivity index (χ1v) is 10.3. The Hall–Kier alpha value is -2.76. The van der Waals surface area contributed by atoms with Crippen LogP contribution in [0, 0.1) is 24.2 Å². The van der Waals surface area contributed by atoms with Gasteiger partial charge in [-0.15, -0.1) is 0 Å². The highest BCUT2D eigenvalue weighted by Gasteiger charge is 2.61. The van der Waals surface area contributed by atoms with Crippen molar-refractivity contribution in [1.29, 1.82) is 0 Å². The number of nitrogens with one attached hydrogen (secondary N) is 2. The SMILES string of the molecule is Cc1ccc(CNC(=O)[C@@H]2C[C@H]3CC[C@]2(C)C[C@@]32NC(=O)c3ccccc3O2)o1. The summed E-state index contributed by atoms with van der Waals surface area (Å²) in [5.41, 5.74) is -0.363. The molecule has 3 fully saturated rings. The number of furan rings is 1. The summed E-state index contributed by atoms with van der Waals surface area (Å²) in [5.74, 6) is 2.23. The number of ether oxygens (including phenoxy) is 1. The summed E-state index contributed by atoms with van der Waals surface area (Å²) in [7, 11) is 0. The van der Waals surface area contributed by atoms with Crippen LogP contribution in [0.1, 0.15) is 54.5 Å². The standard InChI is InChI=1S/C23H26N2O4/c1-14-7-8-16(28-14)12-24-21(27)18-11-15-9-10-22(18,2)13-23(15)25-20(26)17-5-3-4-6-19(17)29-23/h3-8,15,18H,9-13H2,1-2H3,(H,24,27)(H,25,26)/t15-,18+,22-,23+/m1/s1. The van der Waals surface area contributed by atoms with Gasteiger partial charge in [-0.05, 0) is 55.9 Å². The van der Waals surface area contributed by atoms with E-state index in [1.54, 1.807) is 6.07 Å². The van der Waals surface area contributed by atoms with E-state index in [2.05, 4.69) is 17.6 Å². The Morgan fingerprint density at radius 3 is 2.86 bits per heavy atom. The fourth-order valence-corrected chi connectivity index (χ4v) is 5.54. The van der Waals surface area contributed by atoms with E-state index in [0.29, 0.717) is 30.7 Å². The molecule has 2 aromatic rings. The predicted molar refractivity (Wildman–Crippen MR) is 106 cm³/mol. The molecule has 1 aliphatic heterocycles. The Morgan fingerprint density at radius 1 is 1.28 bits per heavy atom. The summed E-state index contributed by atoms with van der Waals surface area (Å²) in [5, 5.41) is 6.20. The second-order valence-corrected chi connectivity index (χ2v) is 9.03. The Balaban J connectivity index is 1.35. The van der Waals surface area contributed by atoms with Crippen molar-refractivity contribution >= 4 is 11.8 Å². The van der Waals surface area contributed by atoms with Crippen LogP contribution in [0.3, 0.4) is 0 Å². The Morgan fingerprint density at radius 2 is 2.10 bits per heavy atom. The normalized spacial score (nSPS) is 32.4. The number of rotatable bonds is 3. The molecule has 3 aliphatic carbocycles. The number of hydrogen-bond donors (Lipinski definition) is 2. The van der Waals surface area contributed by atoms with Gasteiger partial charge in [0.1, 0.15) is 17.3 Å². The van der Waals surface area contributed by atoms with Gasteiger partial charge >= 0.3 is 0 Å². The molecule has 4 aliphatic rings. The van der Waals surface area contributed by atoms with Crippen LogP contribution in [0.15, 0.2) is 40.8 Å². The molecule has 0 radical (unpaired) electrons. The van der Waals surface area contributed by atoms with Gasteiger partial charge in [0, 0.05) is 18.3 Å². The zero-order valence-corrected chi connectivity index (χ0v) is 16.8. The zero-order valence-electron chi connectivity index (χ0n) is 16.8. The number of para-hydroxylation sites is 1. The average molecular weight is 394 g/mol. The summed E-state index contributed by atoms with van der Waals surface area (Å²) in [6, 6.07) is 11.2. The van der Waals surface area contributed by atoms with Crippen molar-refractivity contribution in [1.82, 2.24) is 10.6 Å². The molecule has 0 unspecified atom stereocenters. The smallest absolute Gasteiger partial charge is 0.258 e. The van der Waals surface area contributed by atoms with Crippen LogP contribution >= 0.6 is 0 Å². The third kappa shape index (κ3) is 2.93. The minimum Gasteiger partial charge on any atom is -0.467 e. The van der Waals surface area contributed by atoms with Crippen LogP contribution in [0.2, 0.25) is 0 Å². The van der Waals surface area contributed by atoms with Crippen LogP contribution in [-0.4, -0.2) is 17.5 Å². The maximum absolute atomic E-state index is 13.0. The lowest BCUT2D eigenvalue weighted by Gasteiger charge is -2.59. The highest BCUT2D eigenvalue weighted by atomic mass is 16.5. The van der Waals surface area contributed by atoms with Gasteiger partial charge in [-0.1, -0.05) is 19.1 Å².